The Hall–Kier alpha value is -2.86. The number of carbonyl (C=O) groups is 2. The van der Waals surface area contributed by atoms with Crippen molar-refractivity contribution in [3.63, 3.8) is 0 Å². The van der Waals surface area contributed by atoms with Gasteiger partial charge >= 0.3 is 0 Å². The number of benzene rings is 1. The predicted molar refractivity (Wildman–Crippen MR) is 127 cm³/mol. The second-order valence-electron chi connectivity index (χ2n) is 8.53. The van der Waals surface area contributed by atoms with E-state index in [2.05, 4.69) is 34.0 Å². The van der Waals surface area contributed by atoms with E-state index in [0.29, 0.717) is 11.4 Å². The molecule has 0 bridgehead atoms. The van der Waals surface area contributed by atoms with Crippen LogP contribution in [0.4, 0.5) is 0 Å². The van der Waals surface area contributed by atoms with Gasteiger partial charge in [-0.3, -0.25) is 14.6 Å². The highest BCUT2D eigenvalue weighted by Crippen LogP contribution is 2.36. The first kappa shape index (κ1) is 22.3. The first-order valence-corrected chi connectivity index (χ1v) is 11.6. The lowest BCUT2D eigenvalue weighted by molar-refractivity contribution is -0.137. The second kappa shape index (κ2) is 9.33. The van der Waals surface area contributed by atoms with Gasteiger partial charge < -0.3 is 15.2 Å². The number of carbonyl (C=O) groups excluding carboxylic acids is 2. The van der Waals surface area contributed by atoms with Gasteiger partial charge in [0.2, 0.25) is 11.8 Å². The molecule has 4 rings (SSSR count). The number of halogens is 1. The molecule has 1 aromatic carbocycles. The van der Waals surface area contributed by atoms with Gasteiger partial charge in [-0.1, -0.05) is 37.9 Å². The van der Waals surface area contributed by atoms with Crippen molar-refractivity contribution in [2.75, 3.05) is 0 Å². The minimum absolute atomic E-state index is 0.172. The fourth-order valence-corrected chi connectivity index (χ4v) is 4.87. The molecule has 6 nitrogen and oxygen atoms in total. The summed E-state index contributed by atoms with van der Waals surface area (Å²) in [5, 5.41) is 7.58. The van der Waals surface area contributed by atoms with E-state index in [0.717, 1.165) is 47.2 Å². The molecule has 1 saturated heterocycles. The maximum Gasteiger partial charge on any atom is 0.243 e. The van der Waals surface area contributed by atoms with E-state index in [1.54, 1.807) is 6.20 Å². The Kier molecular flexibility index (Phi) is 6.51. The van der Waals surface area contributed by atoms with E-state index in [1.807, 2.05) is 43.3 Å². The number of pyridine rings is 1. The zero-order chi connectivity index (χ0) is 22.8. The topological polar surface area (TPSA) is 76.0 Å². The lowest BCUT2D eigenvalue weighted by atomic mass is 9.88. The van der Waals surface area contributed by atoms with Crippen molar-refractivity contribution in [3.05, 3.63) is 64.6 Å². The molecule has 0 unspecified atom stereocenters. The molecule has 0 saturated carbocycles. The number of rotatable bonds is 7. The van der Waals surface area contributed by atoms with Crippen LogP contribution in [0.25, 0.3) is 10.9 Å². The number of fused-ring (bicyclic) bond motifs is 1. The Bertz CT molecular complexity index is 1140. The quantitative estimate of drug-likeness (QED) is 0.566. The molecule has 0 spiro atoms. The van der Waals surface area contributed by atoms with Crippen molar-refractivity contribution in [2.24, 2.45) is 0 Å². The number of hydrogen-bond acceptors (Lipinski definition) is 3. The predicted octanol–water partition coefficient (Wildman–Crippen LogP) is 4.13. The third-order valence-corrected chi connectivity index (χ3v) is 6.61. The van der Waals surface area contributed by atoms with Crippen LogP contribution < -0.4 is 10.6 Å². The minimum atomic E-state index is -0.648. The van der Waals surface area contributed by atoms with Crippen LogP contribution in [-0.4, -0.2) is 33.4 Å². The highest BCUT2D eigenvalue weighted by Gasteiger charge is 2.38. The van der Waals surface area contributed by atoms with Gasteiger partial charge in [0.15, 0.2) is 0 Å². The molecular formula is C25H29ClN4O2. The Balaban J connectivity index is 1.62. The van der Waals surface area contributed by atoms with Gasteiger partial charge in [0.25, 0.3) is 0 Å². The summed E-state index contributed by atoms with van der Waals surface area (Å²) in [5.41, 5.74) is 4.05. The number of nitrogens with zero attached hydrogens (tertiary/aromatic N) is 2. The Morgan fingerprint density at radius 3 is 2.69 bits per heavy atom. The summed E-state index contributed by atoms with van der Waals surface area (Å²) in [6.07, 6.45) is 4.21. The molecule has 2 amide bonds. The summed E-state index contributed by atoms with van der Waals surface area (Å²) in [7, 11) is 0. The molecule has 1 fully saturated rings. The van der Waals surface area contributed by atoms with E-state index >= 15 is 0 Å². The van der Waals surface area contributed by atoms with Gasteiger partial charge in [-0.2, -0.15) is 0 Å². The van der Waals surface area contributed by atoms with Gasteiger partial charge in [0, 0.05) is 52.4 Å². The molecule has 3 atom stereocenters. The largest absolute Gasteiger partial charge is 0.345 e. The summed E-state index contributed by atoms with van der Waals surface area (Å²) in [6, 6.07) is 10.2. The number of aryl methyl sites for hydroxylation is 1. The number of unbranched alkanes of at least 4 members (excludes halogenated alkanes) is 1. The normalized spacial score (nSPS) is 19.6. The van der Waals surface area contributed by atoms with E-state index in [-0.39, 0.29) is 17.7 Å². The van der Waals surface area contributed by atoms with E-state index < -0.39 is 12.1 Å². The molecule has 2 aromatic heterocycles. The number of hydrogen-bond donors (Lipinski definition) is 2. The Labute approximate surface area is 193 Å². The van der Waals surface area contributed by atoms with Crippen LogP contribution in [-0.2, 0) is 22.6 Å². The SMILES string of the molecule is CCCCn1c(C)c([C@@H](C)[C@H]2NC(=O)[C@@H](Cc3ccccn3)NC2=O)c2cc(Cl)ccc21. The summed E-state index contributed by atoms with van der Waals surface area (Å²) in [4.78, 5) is 30.2. The number of amides is 2. The maximum atomic E-state index is 13.1. The number of piperazine rings is 1. The lowest BCUT2D eigenvalue weighted by Gasteiger charge is -2.33. The van der Waals surface area contributed by atoms with E-state index in [4.69, 9.17) is 11.6 Å². The van der Waals surface area contributed by atoms with Gasteiger partial charge in [0.05, 0.1) is 0 Å². The van der Waals surface area contributed by atoms with Crippen molar-refractivity contribution < 1.29 is 9.59 Å². The molecule has 0 radical (unpaired) electrons. The van der Waals surface area contributed by atoms with Gasteiger partial charge in [-0.25, -0.2) is 0 Å². The standard InChI is InChI=1S/C25H29ClN4O2/c1-4-5-12-30-16(3)22(19-13-17(26)9-10-21(19)30)15(2)23-25(32)28-20(24(31)29-23)14-18-8-6-7-11-27-18/h6-11,13,15,20,23H,4-5,12,14H2,1-3H3,(H,28,32)(H,29,31)/t15-,20-,23-/m1/s1. The van der Waals surface area contributed by atoms with E-state index in [1.165, 1.54) is 0 Å². The van der Waals surface area contributed by atoms with Crippen molar-refractivity contribution in [3.8, 4) is 0 Å². The molecular weight excluding hydrogens is 424 g/mol. The zero-order valence-corrected chi connectivity index (χ0v) is 19.4. The molecule has 1 aliphatic heterocycles. The third-order valence-electron chi connectivity index (χ3n) is 6.38. The minimum Gasteiger partial charge on any atom is -0.345 e. The fraction of sp³-hybridized carbons (Fsp3) is 0.400. The number of nitrogens with one attached hydrogen (secondary N) is 2. The molecule has 168 valence electrons. The van der Waals surface area contributed by atoms with Gasteiger partial charge in [0.1, 0.15) is 12.1 Å². The van der Waals surface area contributed by atoms with Crippen LogP contribution in [0.5, 0.6) is 0 Å². The first-order chi connectivity index (χ1) is 15.4. The summed E-state index contributed by atoms with van der Waals surface area (Å²) in [6.45, 7) is 7.16. The number of aromatic nitrogens is 2. The van der Waals surface area contributed by atoms with Crippen LogP contribution in [0, 0.1) is 6.92 Å². The first-order valence-electron chi connectivity index (χ1n) is 11.2. The highest BCUT2D eigenvalue weighted by molar-refractivity contribution is 6.31. The van der Waals surface area contributed by atoms with E-state index in [9.17, 15) is 9.59 Å². The maximum absolute atomic E-state index is 13.1. The Morgan fingerprint density at radius 1 is 1.16 bits per heavy atom. The van der Waals surface area contributed by atoms with Crippen molar-refractivity contribution in [1.82, 2.24) is 20.2 Å². The molecule has 1 aliphatic rings. The van der Waals surface area contributed by atoms with Crippen LogP contribution in [0.2, 0.25) is 5.02 Å². The van der Waals surface area contributed by atoms with Gasteiger partial charge in [-0.15, -0.1) is 0 Å². The lowest BCUT2D eigenvalue weighted by Crippen LogP contribution is -2.63. The monoisotopic (exact) mass is 452 g/mol. The van der Waals surface area contributed by atoms with Crippen LogP contribution >= 0.6 is 11.6 Å². The summed E-state index contributed by atoms with van der Waals surface area (Å²) >= 11 is 6.33. The smallest absolute Gasteiger partial charge is 0.243 e. The summed E-state index contributed by atoms with van der Waals surface area (Å²) in [5.74, 6) is -0.565. The van der Waals surface area contributed by atoms with Crippen LogP contribution in [0.1, 0.15) is 49.6 Å². The van der Waals surface area contributed by atoms with Crippen molar-refractivity contribution >= 4 is 34.3 Å². The molecule has 32 heavy (non-hydrogen) atoms. The third kappa shape index (κ3) is 4.24. The molecule has 0 aliphatic carbocycles. The average molecular weight is 453 g/mol. The van der Waals surface area contributed by atoms with Crippen molar-refractivity contribution in [2.45, 2.75) is 64.6 Å². The molecule has 7 heteroatoms. The molecule has 2 N–H and O–H groups in total. The fourth-order valence-electron chi connectivity index (χ4n) is 4.70. The second-order valence-corrected chi connectivity index (χ2v) is 8.96. The highest BCUT2D eigenvalue weighted by atomic mass is 35.5. The van der Waals surface area contributed by atoms with Crippen molar-refractivity contribution in [1.29, 1.82) is 0 Å². The average Bonchev–Trinajstić information content (AvgIpc) is 3.05. The van der Waals surface area contributed by atoms with Crippen LogP contribution in [0.3, 0.4) is 0 Å². The molecule has 3 heterocycles. The Morgan fingerprint density at radius 2 is 1.97 bits per heavy atom. The van der Waals surface area contributed by atoms with Crippen LogP contribution in [0.15, 0.2) is 42.6 Å². The van der Waals surface area contributed by atoms with Gasteiger partial charge in [-0.05, 0) is 49.2 Å². The summed E-state index contributed by atoms with van der Waals surface area (Å²) < 4.78 is 2.30. The molecule has 3 aromatic rings. The zero-order valence-electron chi connectivity index (χ0n) is 18.7.